The highest BCUT2D eigenvalue weighted by atomic mass is 16.7. The molecule has 0 radical (unpaired) electrons. The molecule has 31 heavy (non-hydrogen) atoms. The molecule has 3 aromatic carbocycles. The lowest BCUT2D eigenvalue weighted by atomic mass is 10.1. The lowest BCUT2D eigenvalue weighted by molar-refractivity contribution is 0.128. The zero-order valence-electron chi connectivity index (χ0n) is 17.0. The average Bonchev–Trinajstić information content (AvgIpc) is 3.35. The van der Waals surface area contributed by atoms with E-state index >= 15 is 0 Å². The first kappa shape index (κ1) is 20.2. The van der Waals surface area contributed by atoms with Crippen molar-refractivity contribution in [2.24, 2.45) is 10.7 Å². The maximum absolute atomic E-state index is 6.35. The molecule has 0 saturated heterocycles. The molecule has 156 valence electrons. The number of guanidine groups is 1. The zero-order chi connectivity index (χ0) is 21.5. The van der Waals surface area contributed by atoms with Crippen molar-refractivity contribution in [2.75, 3.05) is 12.2 Å². The quantitative estimate of drug-likeness (QED) is 0.262. The van der Waals surface area contributed by atoms with E-state index in [-0.39, 0.29) is 5.96 Å². The van der Waals surface area contributed by atoms with Crippen LogP contribution in [-0.2, 0) is 11.4 Å². The van der Waals surface area contributed by atoms with Crippen LogP contribution in [0.25, 0.3) is 11.3 Å². The van der Waals surface area contributed by atoms with E-state index in [0.29, 0.717) is 23.8 Å². The fourth-order valence-corrected chi connectivity index (χ4v) is 3.03. The molecule has 0 bridgehead atoms. The molecule has 4 rings (SSSR count). The van der Waals surface area contributed by atoms with Gasteiger partial charge in [-0.1, -0.05) is 48.5 Å². The molecule has 0 saturated carbocycles. The van der Waals surface area contributed by atoms with Crippen molar-refractivity contribution < 1.29 is 14.0 Å². The molecule has 4 aromatic rings. The lowest BCUT2D eigenvalue weighted by Gasteiger charge is -2.23. The molecular weight excluding hydrogens is 392 g/mol. The molecule has 0 aliphatic carbocycles. The predicted molar refractivity (Wildman–Crippen MR) is 120 cm³/mol. The molecule has 0 aliphatic heterocycles. The van der Waals surface area contributed by atoms with Crippen LogP contribution in [0.3, 0.4) is 0 Å². The number of hydrogen-bond donors (Lipinski definition) is 1. The van der Waals surface area contributed by atoms with Crippen molar-refractivity contribution >= 4 is 17.3 Å². The highest BCUT2D eigenvalue weighted by molar-refractivity contribution is 5.95. The van der Waals surface area contributed by atoms with Gasteiger partial charge in [-0.05, 0) is 29.8 Å². The third-order valence-corrected chi connectivity index (χ3v) is 4.53. The van der Waals surface area contributed by atoms with Crippen LogP contribution in [0.15, 0.2) is 101 Å². The lowest BCUT2D eigenvalue weighted by Crippen LogP contribution is -2.37. The zero-order valence-corrected chi connectivity index (χ0v) is 17.0. The highest BCUT2D eigenvalue weighted by Gasteiger charge is 2.17. The van der Waals surface area contributed by atoms with Gasteiger partial charge in [-0.25, -0.2) is 9.98 Å². The van der Waals surface area contributed by atoms with Crippen LogP contribution in [0.2, 0.25) is 0 Å². The van der Waals surface area contributed by atoms with Crippen LogP contribution in [-0.4, -0.2) is 18.1 Å². The Bertz CT molecular complexity index is 1130. The van der Waals surface area contributed by atoms with Crippen molar-refractivity contribution in [3.63, 3.8) is 0 Å². The van der Waals surface area contributed by atoms with Gasteiger partial charge in [-0.3, -0.25) is 4.84 Å². The van der Waals surface area contributed by atoms with E-state index in [1.807, 2.05) is 78.9 Å². The smallest absolute Gasteiger partial charge is 0.225 e. The van der Waals surface area contributed by atoms with Gasteiger partial charge in [-0.2, -0.15) is 5.06 Å². The molecule has 0 amide bonds. The number of aliphatic imine (C=N–C) groups is 1. The Labute approximate surface area is 180 Å². The standard InChI is InChI=1S/C24H22N4O3/c1-29-22-14-20(12-13-21(22)23-15-26-17-30-23)28(31-16-18-8-4-2-5-9-18)24(25)27-19-10-6-3-7-11-19/h2-15,17H,16H2,1H3,(H2,25,27). The van der Waals surface area contributed by atoms with E-state index in [4.69, 9.17) is 19.7 Å². The van der Waals surface area contributed by atoms with E-state index in [1.165, 1.54) is 11.5 Å². The number of anilines is 1. The normalized spacial score (nSPS) is 11.3. The maximum atomic E-state index is 6.35. The number of hydrogen-bond acceptors (Lipinski definition) is 5. The SMILES string of the molecule is COc1cc(N(OCc2ccccc2)C(N)=Nc2ccccc2)ccc1-c1cnco1. The Kier molecular flexibility index (Phi) is 6.25. The number of ether oxygens (including phenoxy) is 1. The van der Waals surface area contributed by atoms with Crippen LogP contribution in [0.1, 0.15) is 5.56 Å². The molecule has 0 spiro atoms. The fraction of sp³-hybridized carbons (Fsp3) is 0.0833. The Morgan fingerprint density at radius 3 is 2.45 bits per heavy atom. The number of nitrogens with two attached hydrogens (primary N) is 1. The van der Waals surface area contributed by atoms with E-state index < -0.39 is 0 Å². The van der Waals surface area contributed by atoms with Gasteiger partial charge in [0.25, 0.3) is 0 Å². The molecule has 0 aliphatic rings. The van der Waals surface area contributed by atoms with Crippen molar-refractivity contribution in [3.05, 3.63) is 97.0 Å². The minimum atomic E-state index is 0.191. The van der Waals surface area contributed by atoms with E-state index in [1.54, 1.807) is 13.3 Å². The summed E-state index contributed by atoms with van der Waals surface area (Å²) in [5.41, 5.74) is 9.51. The summed E-state index contributed by atoms with van der Waals surface area (Å²) < 4.78 is 11.0. The fourth-order valence-electron chi connectivity index (χ4n) is 3.03. The molecular formula is C24H22N4O3. The van der Waals surface area contributed by atoms with Crippen LogP contribution in [0, 0.1) is 0 Å². The van der Waals surface area contributed by atoms with Crippen LogP contribution >= 0.6 is 0 Å². The summed E-state index contributed by atoms with van der Waals surface area (Å²) in [6, 6.07) is 24.8. The number of para-hydroxylation sites is 1. The first-order valence-electron chi connectivity index (χ1n) is 9.67. The van der Waals surface area contributed by atoms with Crippen LogP contribution < -0.4 is 15.5 Å². The number of benzene rings is 3. The van der Waals surface area contributed by atoms with Gasteiger partial charge in [-0.15, -0.1) is 0 Å². The number of nitrogens with zero attached hydrogens (tertiary/aromatic N) is 3. The number of oxazole rings is 1. The van der Waals surface area contributed by atoms with Crippen molar-refractivity contribution in [3.8, 4) is 17.1 Å². The summed E-state index contributed by atoms with van der Waals surface area (Å²) in [6.07, 6.45) is 3.01. The number of hydroxylamine groups is 1. The molecule has 0 atom stereocenters. The topological polar surface area (TPSA) is 86.1 Å². The third-order valence-electron chi connectivity index (χ3n) is 4.53. The monoisotopic (exact) mass is 414 g/mol. The molecule has 7 nitrogen and oxygen atoms in total. The second kappa shape index (κ2) is 9.60. The molecule has 0 fully saturated rings. The van der Waals surface area contributed by atoms with E-state index in [2.05, 4.69) is 9.98 Å². The predicted octanol–water partition coefficient (Wildman–Crippen LogP) is 4.93. The Balaban J connectivity index is 1.68. The van der Waals surface area contributed by atoms with Crippen LogP contribution in [0.5, 0.6) is 5.75 Å². The Morgan fingerprint density at radius 1 is 1.03 bits per heavy atom. The minimum Gasteiger partial charge on any atom is -0.496 e. The van der Waals surface area contributed by atoms with Gasteiger partial charge in [0, 0.05) is 6.07 Å². The summed E-state index contributed by atoms with van der Waals surface area (Å²) in [7, 11) is 1.59. The molecule has 1 heterocycles. The number of rotatable bonds is 7. The van der Waals surface area contributed by atoms with Gasteiger partial charge in [0.05, 0.1) is 30.2 Å². The second-order valence-corrected chi connectivity index (χ2v) is 6.61. The van der Waals surface area contributed by atoms with Gasteiger partial charge in [0.2, 0.25) is 5.96 Å². The summed E-state index contributed by atoms with van der Waals surface area (Å²) in [4.78, 5) is 14.5. The first-order valence-corrected chi connectivity index (χ1v) is 9.67. The summed E-state index contributed by atoms with van der Waals surface area (Å²) >= 11 is 0. The third kappa shape index (κ3) is 4.91. The number of aromatic nitrogens is 1. The van der Waals surface area contributed by atoms with Gasteiger partial charge < -0.3 is 14.9 Å². The molecule has 1 aromatic heterocycles. The minimum absolute atomic E-state index is 0.191. The van der Waals surface area contributed by atoms with Crippen molar-refractivity contribution in [2.45, 2.75) is 6.61 Å². The molecule has 7 heteroatoms. The van der Waals surface area contributed by atoms with Gasteiger partial charge in [0.15, 0.2) is 12.2 Å². The van der Waals surface area contributed by atoms with Crippen molar-refractivity contribution in [1.82, 2.24) is 4.98 Å². The maximum Gasteiger partial charge on any atom is 0.225 e. The molecule has 2 N–H and O–H groups in total. The second-order valence-electron chi connectivity index (χ2n) is 6.61. The summed E-state index contributed by atoms with van der Waals surface area (Å²) in [5, 5.41) is 1.49. The highest BCUT2D eigenvalue weighted by Crippen LogP contribution is 2.34. The Morgan fingerprint density at radius 2 is 1.77 bits per heavy atom. The number of methoxy groups -OCH3 is 1. The first-order chi connectivity index (χ1) is 15.2. The van der Waals surface area contributed by atoms with Gasteiger partial charge >= 0.3 is 0 Å². The summed E-state index contributed by atoms with van der Waals surface area (Å²) in [5.74, 6) is 1.39. The van der Waals surface area contributed by atoms with Crippen molar-refractivity contribution in [1.29, 1.82) is 0 Å². The summed E-state index contributed by atoms with van der Waals surface area (Å²) in [6.45, 7) is 0.317. The van der Waals surface area contributed by atoms with E-state index in [9.17, 15) is 0 Å². The average molecular weight is 414 g/mol. The van der Waals surface area contributed by atoms with E-state index in [0.717, 1.165) is 16.8 Å². The largest absolute Gasteiger partial charge is 0.496 e. The Hall–Kier alpha value is -4.10. The van der Waals surface area contributed by atoms with Gasteiger partial charge in [0.1, 0.15) is 12.4 Å². The molecule has 0 unspecified atom stereocenters. The van der Waals surface area contributed by atoms with Crippen LogP contribution in [0.4, 0.5) is 11.4 Å².